The highest BCUT2D eigenvalue weighted by Gasteiger charge is 2.61. The second-order valence-corrected chi connectivity index (χ2v) is 8.61. The molecule has 6 heteroatoms. The average molecular weight is 422 g/mol. The number of nitrogens with zero attached hydrogens (tertiary/aromatic N) is 2. The third kappa shape index (κ3) is 2.21. The maximum Gasteiger partial charge on any atom is 0.254 e. The molecule has 1 saturated heterocycles. The van der Waals surface area contributed by atoms with Crippen LogP contribution in [0.15, 0.2) is 71.8 Å². The molecule has 2 atom stereocenters. The highest BCUT2D eigenvalue weighted by molar-refractivity contribution is 6.08. The quantitative estimate of drug-likeness (QED) is 0.467. The lowest BCUT2D eigenvalue weighted by molar-refractivity contribution is -0.139. The topological polar surface area (TPSA) is 68.2 Å². The molecule has 3 aromatic rings. The van der Waals surface area contributed by atoms with Gasteiger partial charge >= 0.3 is 0 Å². The first-order chi connectivity index (χ1) is 15.7. The van der Waals surface area contributed by atoms with E-state index >= 15 is 0 Å². The maximum atomic E-state index is 13.5. The van der Waals surface area contributed by atoms with Gasteiger partial charge in [0, 0.05) is 11.8 Å². The zero-order valence-corrected chi connectivity index (χ0v) is 17.0. The Morgan fingerprint density at radius 1 is 0.750 bits per heavy atom. The molecule has 32 heavy (non-hydrogen) atoms. The number of carbonyl (C=O) groups is 2. The van der Waals surface area contributed by atoms with Gasteiger partial charge in [-0.15, -0.1) is 0 Å². The highest BCUT2D eigenvalue weighted by Crippen LogP contribution is 2.60. The molecule has 6 nitrogen and oxygen atoms in total. The van der Waals surface area contributed by atoms with E-state index in [1.165, 1.54) is 6.21 Å². The van der Waals surface area contributed by atoms with Crippen LogP contribution in [0.5, 0.6) is 11.5 Å². The first kappa shape index (κ1) is 17.7. The number of ether oxygens (including phenoxy) is 2. The maximum absolute atomic E-state index is 13.5. The summed E-state index contributed by atoms with van der Waals surface area (Å²) < 4.78 is 10.7. The summed E-state index contributed by atoms with van der Waals surface area (Å²) in [6, 6.07) is 21.8. The lowest BCUT2D eigenvalue weighted by Gasteiger charge is -2.45. The van der Waals surface area contributed by atoms with Crippen molar-refractivity contribution in [2.45, 2.75) is 11.8 Å². The monoisotopic (exact) mass is 422 g/mol. The second-order valence-electron chi connectivity index (χ2n) is 8.61. The number of imide groups is 1. The molecule has 0 spiro atoms. The molecular weight excluding hydrogens is 404 g/mol. The Balaban J connectivity index is 1.30. The number of hydrogen-bond donors (Lipinski definition) is 0. The van der Waals surface area contributed by atoms with Crippen molar-refractivity contribution in [3.63, 3.8) is 0 Å². The summed E-state index contributed by atoms with van der Waals surface area (Å²) in [6.07, 6.45) is 1.54. The van der Waals surface area contributed by atoms with Gasteiger partial charge in [0.25, 0.3) is 11.8 Å². The minimum atomic E-state index is -0.425. The second kappa shape index (κ2) is 6.29. The van der Waals surface area contributed by atoms with Crippen LogP contribution in [0, 0.1) is 11.8 Å². The Hall–Kier alpha value is -3.93. The van der Waals surface area contributed by atoms with E-state index in [1.54, 1.807) is 12.1 Å². The summed E-state index contributed by atoms with van der Waals surface area (Å²) in [5.41, 5.74) is 5.35. The number of rotatable bonds is 2. The van der Waals surface area contributed by atoms with E-state index in [0.717, 1.165) is 32.8 Å². The van der Waals surface area contributed by atoms with Crippen LogP contribution in [0.1, 0.15) is 39.7 Å². The molecule has 0 saturated carbocycles. The number of hydrogen-bond acceptors (Lipinski definition) is 5. The molecule has 2 bridgehead atoms. The molecule has 0 N–H and O–H groups in total. The molecule has 0 radical (unpaired) electrons. The van der Waals surface area contributed by atoms with E-state index in [-0.39, 0.29) is 30.4 Å². The largest absolute Gasteiger partial charge is 0.454 e. The SMILES string of the molecule is O=C1[C@@H]2C3c4ccccc4C(c4ccccc43)[C@H]2C(=O)N1/N=C\c1ccc2c(c1)OCO2. The first-order valence-electron chi connectivity index (χ1n) is 10.7. The standard InChI is InChI=1S/C26H18N2O4/c29-25-23-21-15-5-1-2-6-16(15)22(18-8-4-3-7-17(18)21)24(23)26(30)28(25)27-12-14-9-10-19-20(11-14)32-13-31-19/h1-12,21-24H,13H2/b27-12-/t21?,22?,23-,24-/m1/s1. The van der Waals surface area contributed by atoms with E-state index in [2.05, 4.69) is 29.4 Å². The number of fused-ring (bicyclic) bond motifs is 1. The van der Waals surface area contributed by atoms with Gasteiger partial charge in [-0.2, -0.15) is 10.1 Å². The number of benzene rings is 3. The Morgan fingerprint density at radius 3 is 1.84 bits per heavy atom. The normalized spacial score (nSPS) is 26.4. The minimum absolute atomic E-state index is 0.125. The van der Waals surface area contributed by atoms with Crippen molar-refractivity contribution in [3.8, 4) is 11.5 Å². The van der Waals surface area contributed by atoms with Crippen molar-refractivity contribution in [2.24, 2.45) is 16.9 Å². The van der Waals surface area contributed by atoms with Gasteiger partial charge in [-0.1, -0.05) is 48.5 Å². The molecule has 2 aliphatic heterocycles. The van der Waals surface area contributed by atoms with Gasteiger partial charge in [-0.3, -0.25) is 9.59 Å². The van der Waals surface area contributed by atoms with Crippen LogP contribution in [0.3, 0.4) is 0 Å². The third-order valence-corrected chi connectivity index (χ3v) is 7.14. The van der Waals surface area contributed by atoms with Crippen molar-refractivity contribution in [3.05, 3.63) is 94.5 Å². The van der Waals surface area contributed by atoms with Gasteiger partial charge in [-0.25, -0.2) is 0 Å². The third-order valence-electron chi connectivity index (χ3n) is 7.14. The fraction of sp³-hybridized carbons (Fsp3) is 0.192. The van der Waals surface area contributed by atoms with Gasteiger partial charge in [-0.05, 0) is 46.0 Å². The summed E-state index contributed by atoms with van der Waals surface area (Å²) in [5.74, 6) is -0.247. The fourth-order valence-corrected chi connectivity index (χ4v) is 5.89. The molecule has 2 heterocycles. The summed E-state index contributed by atoms with van der Waals surface area (Å²) in [4.78, 5) is 27.0. The molecule has 0 aromatic heterocycles. The number of hydrazone groups is 1. The molecular formula is C26H18N2O4. The predicted molar refractivity (Wildman–Crippen MR) is 116 cm³/mol. The average Bonchev–Trinajstić information content (AvgIpc) is 3.40. The summed E-state index contributed by atoms with van der Waals surface area (Å²) in [6.45, 7) is 0.187. The molecule has 5 aliphatic rings. The van der Waals surface area contributed by atoms with Gasteiger partial charge in [0.05, 0.1) is 18.1 Å². The minimum Gasteiger partial charge on any atom is -0.454 e. The molecule has 3 aromatic carbocycles. The van der Waals surface area contributed by atoms with Crippen molar-refractivity contribution in [1.82, 2.24) is 5.01 Å². The van der Waals surface area contributed by atoms with Crippen LogP contribution in [0.2, 0.25) is 0 Å². The zero-order chi connectivity index (χ0) is 21.4. The van der Waals surface area contributed by atoms with Crippen molar-refractivity contribution in [1.29, 1.82) is 0 Å². The zero-order valence-electron chi connectivity index (χ0n) is 17.0. The molecule has 156 valence electrons. The highest BCUT2D eigenvalue weighted by atomic mass is 16.7. The van der Waals surface area contributed by atoms with Gasteiger partial charge in [0.2, 0.25) is 6.79 Å². The lowest BCUT2D eigenvalue weighted by atomic mass is 9.55. The summed E-state index contributed by atoms with van der Waals surface area (Å²) in [7, 11) is 0. The smallest absolute Gasteiger partial charge is 0.254 e. The number of carbonyl (C=O) groups excluding carboxylic acids is 2. The van der Waals surface area contributed by atoms with Gasteiger partial charge < -0.3 is 9.47 Å². The van der Waals surface area contributed by atoms with E-state index in [4.69, 9.17) is 9.47 Å². The van der Waals surface area contributed by atoms with Crippen LogP contribution in [-0.2, 0) is 9.59 Å². The first-order valence-corrected chi connectivity index (χ1v) is 10.7. The van der Waals surface area contributed by atoms with Gasteiger partial charge in [0.1, 0.15) is 0 Å². The van der Waals surface area contributed by atoms with Crippen molar-refractivity contribution >= 4 is 18.0 Å². The van der Waals surface area contributed by atoms with E-state index < -0.39 is 11.8 Å². The molecule has 8 rings (SSSR count). The van der Waals surface area contributed by atoms with Gasteiger partial charge in [0.15, 0.2) is 11.5 Å². The lowest BCUT2D eigenvalue weighted by Crippen LogP contribution is -2.41. The molecule has 0 unspecified atom stereocenters. The van der Waals surface area contributed by atoms with Crippen molar-refractivity contribution in [2.75, 3.05) is 6.79 Å². The fourth-order valence-electron chi connectivity index (χ4n) is 5.89. The van der Waals surface area contributed by atoms with E-state index in [9.17, 15) is 9.59 Å². The van der Waals surface area contributed by atoms with Crippen molar-refractivity contribution < 1.29 is 19.1 Å². The molecule has 1 fully saturated rings. The summed E-state index contributed by atoms with van der Waals surface area (Å²) >= 11 is 0. The molecule has 3 aliphatic carbocycles. The van der Waals surface area contributed by atoms with Crippen LogP contribution in [0.25, 0.3) is 0 Å². The van der Waals surface area contributed by atoms with Crippen LogP contribution in [0.4, 0.5) is 0 Å². The van der Waals surface area contributed by atoms with Crippen LogP contribution >= 0.6 is 0 Å². The van der Waals surface area contributed by atoms with Crippen LogP contribution < -0.4 is 9.47 Å². The Kier molecular flexibility index (Phi) is 3.48. The predicted octanol–water partition coefficient (Wildman–Crippen LogP) is 3.64. The Bertz CT molecular complexity index is 1230. The molecule has 2 amide bonds. The Labute approximate surface area is 184 Å². The van der Waals surface area contributed by atoms with E-state index in [1.807, 2.05) is 30.3 Å². The summed E-state index contributed by atoms with van der Waals surface area (Å²) in [5, 5.41) is 5.42. The van der Waals surface area contributed by atoms with Crippen LogP contribution in [-0.4, -0.2) is 29.8 Å². The van der Waals surface area contributed by atoms with E-state index in [0.29, 0.717) is 11.5 Å². The number of amides is 2. The Morgan fingerprint density at radius 2 is 1.28 bits per heavy atom.